The van der Waals surface area contributed by atoms with Gasteiger partial charge in [0.05, 0.1) is 15.6 Å². The van der Waals surface area contributed by atoms with E-state index in [0.29, 0.717) is 30.3 Å². The smallest absolute Gasteiger partial charge is 0.308 e. The van der Waals surface area contributed by atoms with Crippen molar-refractivity contribution in [1.82, 2.24) is 19.9 Å². The first-order valence-corrected chi connectivity index (χ1v) is 13.0. The largest absolute Gasteiger partial charge is 0.427 e. The SMILES string of the molecule is CC(=O)Oc1ccc(C(=O)N2CCC(c3ncc(-c4cccc(Nc5cc(C)ccn5)n4)s3)CC2)cc1. The minimum atomic E-state index is -0.383. The van der Waals surface area contributed by atoms with Crippen molar-refractivity contribution in [3.63, 3.8) is 0 Å². The molecule has 1 aliphatic rings. The lowest BCUT2D eigenvalue weighted by Gasteiger charge is -2.31. The van der Waals surface area contributed by atoms with Crippen molar-refractivity contribution >= 4 is 34.8 Å². The normalized spacial score (nSPS) is 13.8. The van der Waals surface area contributed by atoms with Gasteiger partial charge in [0.2, 0.25) is 0 Å². The van der Waals surface area contributed by atoms with Crippen molar-refractivity contribution < 1.29 is 14.3 Å². The second kappa shape index (κ2) is 10.9. The molecule has 0 aliphatic carbocycles. The zero-order valence-electron chi connectivity index (χ0n) is 20.7. The van der Waals surface area contributed by atoms with Crippen molar-refractivity contribution in [3.8, 4) is 16.3 Å². The lowest BCUT2D eigenvalue weighted by atomic mass is 9.97. The van der Waals surface area contributed by atoms with E-state index in [1.54, 1.807) is 41.8 Å². The van der Waals surface area contributed by atoms with Crippen LogP contribution in [-0.2, 0) is 4.79 Å². The number of piperidine rings is 1. The molecule has 1 amide bonds. The zero-order chi connectivity index (χ0) is 25.8. The van der Waals surface area contributed by atoms with Gasteiger partial charge in [-0.05, 0) is 73.9 Å². The number of hydrogen-bond donors (Lipinski definition) is 1. The number of nitrogens with one attached hydrogen (secondary N) is 1. The third-order valence-corrected chi connectivity index (χ3v) is 7.37. The van der Waals surface area contributed by atoms with Crippen molar-refractivity contribution in [1.29, 1.82) is 0 Å². The lowest BCUT2D eigenvalue weighted by Crippen LogP contribution is -2.37. The van der Waals surface area contributed by atoms with Crippen LogP contribution in [0.1, 0.15) is 46.6 Å². The number of amides is 1. The molecule has 0 radical (unpaired) electrons. The highest BCUT2D eigenvalue weighted by Crippen LogP contribution is 2.35. The molecule has 8 nitrogen and oxygen atoms in total. The minimum Gasteiger partial charge on any atom is -0.427 e. The van der Waals surface area contributed by atoms with Gasteiger partial charge >= 0.3 is 5.97 Å². The number of benzene rings is 1. The van der Waals surface area contributed by atoms with Gasteiger partial charge in [-0.25, -0.2) is 15.0 Å². The van der Waals surface area contributed by atoms with Crippen LogP contribution >= 0.6 is 11.3 Å². The summed E-state index contributed by atoms with van der Waals surface area (Å²) in [6, 6.07) is 16.5. The number of nitrogens with zero attached hydrogens (tertiary/aromatic N) is 4. The van der Waals surface area contributed by atoms with Crippen LogP contribution in [-0.4, -0.2) is 44.8 Å². The van der Waals surface area contributed by atoms with Crippen molar-refractivity contribution in [2.75, 3.05) is 18.4 Å². The highest BCUT2D eigenvalue weighted by atomic mass is 32.1. The number of aryl methyl sites for hydroxylation is 1. The number of ether oxygens (including phenoxy) is 1. The van der Waals surface area contributed by atoms with Crippen LogP contribution < -0.4 is 10.1 Å². The lowest BCUT2D eigenvalue weighted by molar-refractivity contribution is -0.131. The van der Waals surface area contributed by atoms with Gasteiger partial charge in [0.15, 0.2) is 0 Å². The van der Waals surface area contributed by atoms with E-state index >= 15 is 0 Å². The van der Waals surface area contributed by atoms with E-state index in [9.17, 15) is 9.59 Å². The molecule has 0 spiro atoms. The monoisotopic (exact) mass is 513 g/mol. The summed E-state index contributed by atoms with van der Waals surface area (Å²) >= 11 is 1.66. The highest BCUT2D eigenvalue weighted by molar-refractivity contribution is 7.15. The Morgan fingerprint density at radius 2 is 1.81 bits per heavy atom. The van der Waals surface area contributed by atoms with Crippen molar-refractivity contribution in [3.05, 3.63) is 83.1 Å². The molecule has 3 aromatic heterocycles. The molecular formula is C28H27N5O3S. The molecule has 4 aromatic rings. The summed E-state index contributed by atoms with van der Waals surface area (Å²) in [5.74, 6) is 1.85. The van der Waals surface area contributed by atoms with Gasteiger partial charge in [0, 0.05) is 43.9 Å². The molecule has 0 bridgehead atoms. The van der Waals surface area contributed by atoms with Crippen LogP contribution in [0.4, 0.5) is 11.6 Å². The number of hydrogen-bond acceptors (Lipinski definition) is 8. The number of pyridine rings is 2. The Morgan fingerprint density at radius 1 is 1.03 bits per heavy atom. The van der Waals surface area contributed by atoms with Gasteiger partial charge < -0.3 is 15.0 Å². The van der Waals surface area contributed by atoms with Crippen LogP contribution in [0.2, 0.25) is 0 Å². The molecule has 0 saturated carbocycles. The molecule has 1 aliphatic heterocycles. The van der Waals surface area contributed by atoms with Crippen molar-refractivity contribution in [2.24, 2.45) is 0 Å². The van der Waals surface area contributed by atoms with E-state index in [4.69, 9.17) is 14.7 Å². The van der Waals surface area contributed by atoms with Crippen molar-refractivity contribution in [2.45, 2.75) is 32.6 Å². The molecule has 1 fully saturated rings. The first-order chi connectivity index (χ1) is 17.9. The Hall–Kier alpha value is -4.11. The Bertz CT molecular complexity index is 1410. The molecule has 1 N–H and O–H groups in total. The van der Waals surface area contributed by atoms with E-state index in [0.717, 1.165) is 45.6 Å². The Kier molecular flexibility index (Phi) is 7.23. The maximum atomic E-state index is 12.9. The fourth-order valence-electron chi connectivity index (χ4n) is 4.32. The third kappa shape index (κ3) is 6.00. The van der Waals surface area contributed by atoms with Gasteiger partial charge in [-0.1, -0.05) is 6.07 Å². The third-order valence-electron chi connectivity index (χ3n) is 6.19. The molecule has 5 rings (SSSR count). The van der Waals surface area contributed by atoms with Crippen LogP contribution in [0.15, 0.2) is 67.0 Å². The van der Waals surface area contributed by atoms with Gasteiger partial charge in [-0.2, -0.15) is 0 Å². The molecule has 4 heterocycles. The molecule has 1 aromatic carbocycles. The number of thiazole rings is 1. The van der Waals surface area contributed by atoms with Gasteiger partial charge in [0.1, 0.15) is 17.4 Å². The maximum absolute atomic E-state index is 12.9. The van der Waals surface area contributed by atoms with Gasteiger partial charge in [0.25, 0.3) is 5.91 Å². The van der Waals surface area contributed by atoms with E-state index in [1.807, 2.05) is 48.4 Å². The molecule has 1 saturated heterocycles. The molecule has 0 unspecified atom stereocenters. The number of carbonyl (C=O) groups is 2. The second-order valence-corrected chi connectivity index (χ2v) is 10.1. The van der Waals surface area contributed by atoms with Crippen LogP contribution in [0.5, 0.6) is 5.75 Å². The number of anilines is 2. The quantitative estimate of drug-likeness (QED) is 0.265. The maximum Gasteiger partial charge on any atom is 0.308 e. The average molecular weight is 514 g/mol. The topological polar surface area (TPSA) is 97.3 Å². The minimum absolute atomic E-state index is 0.00994. The van der Waals surface area contributed by atoms with E-state index in [-0.39, 0.29) is 11.9 Å². The van der Waals surface area contributed by atoms with Crippen LogP contribution in [0.3, 0.4) is 0 Å². The van der Waals surface area contributed by atoms with Gasteiger partial charge in [-0.15, -0.1) is 11.3 Å². The zero-order valence-corrected chi connectivity index (χ0v) is 21.5. The Labute approximate surface area is 219 Å². The number of likely N-dealkylation sites (tertiary alicyclic amines) is 1. The van der Waals surface area contributed by atoms with E-state index < -0.39 is 0 Å². The van der Waals surface area contributed by atoms with Gasteiger partial charge in [-0.3, -0.25) is 9.59 Å². The summed E-state index contributed by atoms with van der Waals surface area (Å²) in [6.07, 6.45) is 5.38. The Balaban J connectivity index is 1.20. The molecular weight excluding hydrogens is 486 g/mol. The molecule has 9 heteroatoms. The fraction of sp³-hybridized carbons (Fsp3) is 0.250. The van der Waals surface area contributed by atoms with Crippen LogP contribution in [0.25, 0.3) is 10.6 Å². The summed E-state index contributed by atoms with van der Waals surface area (Å²) in [5, 5.41) is 4.35. The summed E-state index contributed by atoms with van der Waals surface area (Å²) in [5.41, 5.74) is 2.59. The number of esters is 1. The molecule has 0 atom stereocenters. The molecule has 188 valence electrons. The summed E-state index contributed by atoms with van der Waals surface area (Å²) in [4.78, 5) is 40.7. The standard InChI is InChI=1S/C28H27N5O3S/c1-18-10-13-29-26(16-18)32-25-5-3-4-23(31-25)24-17-30-27(37-24)20-11-14-33(15-12-20)28(35)21-6-8-22(9-7-21)36-19(2)34/h3-10,13,16-17,20H,11-12,14-15H2,1-2H3,(H,29,31,32). The number of aromatic nitrogens is 3. The Morgan fingerprint density at radius 3 is 2.54 bits per heavy atom. The summed E-state index contributed by atoms with van der Waals surface area (Å²) in [7, 11) is 0. The summed E-state index contributed by atoms with van der Waals surface area (Å²) < 4.78 is 5.05. The first kappa shape index (κ1) is 24.6. The fourth-order valence-corrected chi connectivity index (χ4v) is 5.37. The predicted molar refractivity (Wildman–Crippen MR) is 143 cm³/mol. The first-order valence-electron chi connectivity index (χ1n) is 12.2. The number of rotatable bonds is 6. The summed E-state index contributed by atoms with van der Waals surface area (Å²) in [6.45, 7) is 4.72. The highest BCUT2D eigenvalue weighted by Gasteiger charge is 2.26. The number of carbonyl (C=O) groups excluding carboxylic acids is 2. The predicted octanol–water partition coefficient (Wildman–Crippen LogP) is 5.60. The molecule has 37 heavy (non-hydrogen) atoms. The average Bonchev–Trinajstić information content (AvgIpc) is 3.39. The second-order valence-electron chi connectivity index (χ2n) is 9.00. The van der Waals surface area contributed by atoms with E-state index in [2.05, 4.69) is 10.3 Å². The van der Waals surface area contributed by atoms with E-state index in [1.165, 1.54) is 6.92 Å². The van der Waals surface area contributed by atoms with Crippen LogP contribution in [0, 0.1) is 6.92 Å².